The third-order valence-corrected chi connectivity index (χ3v) is 4.26. The monoisotopic (exact) mass is 323 g/mol. The Morgan fingerprint density at radius 2 is 2.27 bits per heavy atom. The van der Waals surface area contributed by atoms with Crippen molar-refractivity contribution in [2.75, 3.05) is 20.1 Å². The second-order valence-electron chi connectivity index (χ2n) is 5.80. The first kappa shape index (κ1) is 18.5. The van der Waals surface area contributed by atoms with E-state index in [9.17, 15) is 4.79 Å². The van der Waals surface area contributed by atoms with Gasteiger partial charge in [0.05, 0.1) is 13.6 Å². The molecule has 0 aliphatic heterocycles. The van der Waals surface area contributed by atoms with Crippen molar-refractivity contribution in [1.82, 2.24) is 0 Å². The lowest BCUT2D eigenvalue weighted by molar-refractivity contribution is -0.826. The molecule has 22 heavy (non-hydrogen) atoms. The van der Waals surface area contributed by atoms with Gasteiger partial charge in [-0.3, -0.25) is 0 Å². The van der Waals surface area contributed by atoms with Gasteiger partial charge in [-0.15, -0.1) is 18.8 Å². The van der Waals surface area contributed by atoms with Crippen molar-refractivity contribution < 1.29 is 14.0 Å². The van der Waals surface area contributed by atoms with Crippen LogP contribution in [0.25, 0.3) is 0 Å². The van der Waals surface area contributed by atoms with Crippen LogP contribution in [0, 0.1) is 12.3 Å². The number of nitrogens with two attached hydrogens (primary N) is 1. The van der Waals surface area contributed by atoms with Crippen LogP contribution < -0.4 is 10.5 Å². The molecule has 1 aromatic carbocycles. The van der Waals surface area contributed by atoms with Gasteiger partial charge in [0.25, 0.3) is 0 Å². The summed E-state index contributed by atoms with van der Waals surface area (Å²) in [5.41, 5.74) is 8.44. The SMILES string of the molecule is C#CC[N+](C)(CC)C(=O)Oc1ccc2c(c1)CCCC2N.Cl. The minimum atomic E-state index is -0.324. The summed E-state index contributed by atoms with van der Waals surface area (Å²) in [5, 5.41) is 0. The Balaban J connectivity index is 0.00000242. The summed E-state index contributed by atoms with van der Waals surface area (Å²) in [5.74, 6) is 3.11. The van der Waals surface area contributed by atoms with Crippen LogP contribution in [-0.4, -0.2) is 30.7 Å². The summed E-state index contributed by atoms with van der Waals surface area (Å²) in [7, 11) is 1.79. The van der Waals surface area contributed by atoms with E-state index in [4.69, 9.17) is 16.9 Å². The molecule has 0 spiro atoms. The number of hydrogen-bond acceptors (Lipinski definition) is 3. The van der Waals surface area contributed by atoms with Gasteiger partial charge in [-0.1, -0.05) is 6.07 Å². The fourth-order valence-corrected chi connectivity index (χ4v) is 2.61. The van der Waals surface area contributed by atoms with Gasteiger partial charge >= 0.3 is 6.09 Å². The van der Waals surface area contributed by atoms with Gasteiger partial charge in [-0.2, -0.15) is 4.79 Å². The number of ether oxygens (including phenoxy) is 1. The maximum atomic E-state index is 12.3. The maximum absolute atomic E-state index is 12.3. The molecular formula is C17H24ClN2O2+. The highest BCUT2D eigenvalue weighted by Gasteiger charge is 2.32. The molecule has 2 atom stereocenters. The van der Waals surface area contributed by atoms with Gasteiger partial charge < -0.3 is 10.5 Å². The lowest BCUT2D eigenvalue weighted by atomic mass is 9.88. The second-order valence-corrected chi connectivity index (χ2v) is 5.80. The molecule has 5 heteroatoms. The molecule has 1 aliphatic rings. The highest BCUT2D eigenvalue weighted by molar-refractivity contribution is 5.85. The first-order valence-corrected chi connectivity index (χ1v) is 7.39. The minimum absolute atomic E-state index is 0. The molecule has 1 aromatic rings. The normalized spacial score (nSPS) is 19.1. The lowest BCUT2D eigenvalue weighted by Crippen LogP contribution is -2.51. The van der Waals surface area contributed by atoms with Gasteiger partial charge in [0.1, 0.15) is 12.3 Å². The summed E-state index contributed by atoms with van der Waals surface area (Å²) in [4.78, 5) is 12.3. The summed E-state index contributed by atoms with van der Waals surface area (Å²) >= 11 is 0. The molecule has 2 N–H and O–H groups in total. The summed E-state index contributed by atoms with van der Waals surface area (Å²) in [6.07, 6.45) is 8.09. The van der Waals surface area contributed by atoms with Crippen molar-refractivity contribution in [2.24, 2.45) is 5.73 Å². The van der Waals surface area contributed by atoms with E-state index >= 15 is 0 Å². The number of aryl methyl sites for hydroxylation is 1. The summed E-state index contributed by atoms with van der Waals surface area (Å²) in [6.45, 7) is 2.84. The number of rotatable bonds is 3. The molecule has 120 valence electrons. The molecule has 0 heterocycles. The third kappa shape index (κ3) is 3.80. The van der Waals surface area contributed by atoms with Crippen LogP contribution in [0.5, 0.6) is 5.75 Å². The van der Waals surface area contributed by atoms with Crippen LogP contribution in [0.4, 0.5) is 4.79 Å². The number of carbonyl (C=O) groups is 1. The Kier molecular flexibility index (Phi) is 6.43. The van der Waals surface area contributed by atoms with Crippen LogP contribution in [0.2, 0.25) is 0 Å². The Bertz CT molecular complexity index is 583. The van der Waals surface area contributed by atoms with Gasteiger partial charge in [-0.05, 0) is 55.4 Å². The first-order valence-electron chi connectivity index (χ1n) is 7.39. The molecule has 2 unspecified atom stereocenters. The molecule has 0 saturated carbocycles. The first-order chi connectivity index (χ1) is 10.00. The van der Waals surface area contributed by atoms with Crippen LogP contribution in [0.1, 0.15) is 36.9 Å². The average molecular weight is 324 g/mol. The molecule has 0 radical (unpaired) electrons. The number of quaternary nitrogens is 1. The van der Waals surface area contributed by atoms with Gasteiger partial charge in [0, 0.05) is 6.04 Å². The topological polar surface area (TPSA) is 52.3 Å². The zero-order valence-electron chi connectivity index (χ0n) is 13.2. The molecule has 0 fully saturated rings. The average Bonchev–Trinajstić information content (AvgIpc) is 2.47. The Hall–Kier alpha value is -1.54. The van der Waals surface area contributed by atoms with Gasteiger partial charge in [0.2, 0.25) is 0 Å². The van der Waals surface area contributed by atoms with Crippen LogP contribution in [-0.2, 0) is 6.42 Å². The van der Waals surface area contributed by atoms with E-state index in [2.05, 4.69) is 5.92 Å². The Morgan fingerprint density at radius 3 is 2.91 bits per heavy atom. The molecule has 2 rings (SSSR count). The van der Waals surface area contributed by atoms with E-state index in [0.717, 1.165) is 24.8 Å². The van der Waals surface area contributed by atoms with Crippen molar-refractivity contribution in [3.8, 4) is 18.1 Å². The van der Waals surface area contributed by atoms with Crippen molar-refractivity contribution in [1.29, 1.82) is 0 Å². The van der Waals surface area contributed by atoms with E-state index < -0.39 is 0 Å². The number of nitrogens with zero attached hydrogens (tertiary/aromatic N) is 1. The zero-order valence-corrected chi connectivity index (χ0v) is 14.0. The molecule has 0 saturated heterocycles. The largest absolute Gasteiger partial charge is 0.522 e. The predicted octanol–water partition coefficient (Wildman–Crippen LogP) is 3.04. The maximum Gasteiger partial charge on any atom is 0.522 e. The van der Waals surface area contributed by atoms with Crippen molar-refractivity contribution in [3.05, 3.63) is 29.3 Å². The molecule has 4 nitrogen and oxygen atoms in total. The highest BCUT2D eigenvalue weighted by Crippen LogP contribution is 2.30. The number of terminal acetylenes is 1. The highest BCUT2D eigenvalue weighted by atomic mass is 35.5. The second kappa shape index (κ2) is 7.64. The smallest absolute Gasteiger partial charge is 0.381 e. The summed E-state index contributed by atoms with van der Waals surface area (Å²) in [6, 6.07) is 5.82. The number of carbonyl (C=O) groups excluding carboxylic acids is 1. The number of amides is 1. The van der Waals surface area contributed by atoms with E-state index in [1.807, 2.05) is 25.1 Å². The van der Waals surface area contributed by atoms with Gasteiger partial charge in [0.15, 0.2) is 0 Å². The van der Waals surface area contributed by atoms with E-state index in [-0.39, 0.29) is 29.0 Å². The van der Waals surface area contributed by atoms with Crippen molar-refractivity contribution in [2.45, 2.75) is 32.2 Å². The fraction of sp³-hybridized carbons (Fsp3) is 0.471. The number of fused-ring (bicyclic) bond motifs is 1. The fourth-order valence-electron chi connectivity index (χ4n) is 2.61. The quantitative estimate of drug-likeness (QED) is 0.687. The molecule has 0 bridgehead atoms. The molecule has 0 aromatic heterocycles. The van der Waals surface area contributed by atoms with Crippen LogP contribution in [0.15, 0.2) is 18.2 Å². The van der Waals surface area contributed by atoms with E-state index in [0.29, 0.717) is 18.8 Å². The van der Waals surface area contributed by atoms with Crippen LogP contribution >= 0.6 is 12.4 Å². The van der Waals surface area contributed by atoms with Crippen molar-refractivity contribution >= 4 is 18.5 Å². The third-order valence-electron chi connectivity index (χ3n) is 4.26. The number of hydrogen-bond donors (Lipinski definition) is 1. The van der Waals surface area contributed by atoms with E-state index in [1.165, 1.54) is 5.56 Å². The number of benzene rings is 1. The zero-order chi connectivity index (χ0) is 15.5. The molecule has 1 amide bonds. The molecule has 1 aliphatic carbocycles. The standard InChI is InChI=1S/C17H23N2O2.ClH/c1-4-11-19(3,5-2)17(20)21-14-9-10-15-13(12-14)7-6-8-16(15)18;/h1,9-10,12,16H,5-8,11,18H2,2-3H3;1H/q+1;. The molecular weight excluding hydrogens is 300 g/mol. The summed E-state index contributed by atoms with van der Waals surface area (Å²) < 4.78 is 5.60. The lowest BCUT2D eigenvalue weighted by Gasteiger charge is -2.27. The van der Waals surface area contributed by atoms with Crippen molar-refractivity contribution in [3.63, 3.8) is 0 Å². The Labute approximate surface area is 138 Å². The predicted molar refractivity (Wildman–Crippen MR) is 90.0 cm³/mol. The minimum Gasteiger partial charge on any atom is -0.381 e. The Morgan fingerprint density at radius 1 is 1.55 bits per heavy atom. The van der Waals surface area contributed by atoms with Crippen LogP contribution in [0.3, 0.4) is 0 Å². The van der Waals surface area contributed by atoms with Gasteiger partial charge in [-0.25, -0.2) is 4.48 Å². The number of halogens is 1. The van der Waals surface area contributed by atoms with E-state index in [1.54, 1.807) is 7.05 Å².